The number of rotatable bonds is 6. The van der Waals surface area contributed by atoms with Crippen LogP contribution in [0, 0.1) is 0 Å². The smallest absolute Gasteiger partial charge is 0.368 e. The number of nitrogens with one attached hydrogen (secondary N) is 3. The van der Waals surface area contributed by atoms with Gasteiger partial charge in [0.05, 0.1) is 5.56 Å². The Morgan fingerprint density at radius 2 is 1.72 bits per heavy atom. The van der Waals surface area contributed by atoms with Gasteiger partial charge in [-0.15, -0.1) is 5.10 Å². The van der Waals surface area contributed by atoms with Gasteiger partial charge in [0.2, 0.25) is 0 Å². The zero-order valence-electron chi connectivity index (χ0n) is 19.3. The van der Waals surface area contributed by atoms with Gasteiger partial charge in [-0.05, 0) is 72.8 Å². The average molecular weight is 536 g/mol. The van der Waals surface area contributed by atoms with E-state index in [9.17, 15) is 18.0 Å². The fourth-order valence-electron chi connectivity index (χ4n) is 3.70. The summed E-state index contributed by atoms with van der Waals surface area (Å²) in [6.07, 6.45) is -4.46. The monoisotopic (exact) mass is 535 g/mol. The molecule has 1 aliphatic rings. The maximum absolute atomic E-state index is 13.8. The summed E-state index contributed by atoms with van der Waals surface area (Å²) in [6, 6.07) is 11.2. The summed E-state index contributed by atoms with van der Waals surface area (Å²) in [5.74, 6) is -0.362. The number of alkyl halides is 3. The number of amides is 1. The highest BCUT2D eigenvalue weighted by atomic mass is 32.1. The number of anilines is 3. The van der Waals surface area contributed by atoms with Gasteiger partial charge >= 0.3 is 6.18 Å². The topological polar surface area (TPSA) is 85.4 Å². The zero-order chi connectivity index (χ0) is 25.7. The third kappa shape index (κ3) is 6.68. The van der Waals surface area contributed by atoms with E-state index in [0.29, 0.717) is 30.0 Å². The van der Waals surface area contributed by atoms with Crippen molar-refractivity contribution in [2.45, 2.75) is 12.7 Å². The molecular formula is C23H24F3N7OS2. The Labute approximate surface area is 215 Å². The number of carbonyl (C=O) groups is 1. The molecule has 8 nitrogen and oxygen atoms in total. The molecule has 36 heavy (non-hydrogen) atoms. The van der Waals surface area contributed by atoms with Crippen LogP contribution in [0.4, 0.5) is 30.2 Å². The summed E-state index contributed by atoms with van der Waals surface area (Å²) in [4.78, 5) is 15.9. The molecule has 13 heteroatoms. The molecule has 1 aliphatic heterocycles. The molecule has 0 aliphatic carbocycles. The van der Waals surface area contributed by atoms with Crippen LogP contribution in [0.2, 0.25) is 0 Å². The predicted molar refractivity (Wildman–Crippen MR) is 139 cm³/mol. The molecule has 2 aromatic carbocycles. The summed E-state index contributed by atoms with van der Waals surface area (Å²) in [5.41, 5.74) is 1.49. The third-order valence-corrected chi connectivity index (χ3v) is 6.41. The minimum atomic E-state index is -4.46. The highest BCUT2D eigenvalue weighted by Crippen LogP contribution is 2.37. The fourth-order valence-corrected chi connectivity index (χ4v) is 4.32. The van der Waals surface area contributed by atoms with E-state index in [4.69, 9.17) is 12.2 Å². The normalized spacial score (nSPS) is 14.4. The number of thiocarbonyl (C=S) groups is 1. The Kier molecular flexibility index (Phi) is 8.01. The van der Waals surface area contributed by atoms with Crippen molar-refractivity contribution in [2.75, 3.05) is 48.8 Å². The largest absolute Gasteiger partial charge is 0.418 e. The minimum absolute atomic E-state index is 0.133. The van der Waals surface area contributed by atoms with Gasteiger partial charge in [-0.2, -0.15) is 13.2 Å². The Bertz CT molecular complexity index is 1200. The molecule has 3 N–H and O–H groups in total. The van der Waals surface area contributed by atoms with Crippen molar-refractivity contribution in [3.8, 4) is 0 Å². The van der Waals surface area contributed by atoms with Crippen LogP contribution in [0.15, 0.2) is 47.8 Å². The number of hydrogen-bond acceptors (Lipinski definition) is 7. The van der Waals surface area contributed by atoms with Gasteiger partial charge in [-0.3, -0.25) is 4.79 Å². The molecule has 0 atom stereocenters. The Hall–Kier alpha value is -3.29. The van der Waals surface area contributed by atoms with Gasteiger partial charge < -0.3 is 25.8 Å². The van der Waals surface area contributed by atoms with Crippen LogP contribution in [0.1, 0.15) is 21.6 Å². The van der Waals surface area contributed by atoms with Crippen LogP contribution in [-0.4, -0.2) is 58.7 Å². The van der Waals surface area contributed by atoms with Crippen molar-refractivity contribution >= 4 is 51.8 Å². The average Bonchev–Trinajstić information content (AvgIpc) is 3.39. The highest BCUT2D eigenvalue weighted by Gasteiger charge is 2.35. The summed E-state index contributed by atoms with van der Waals surface area (Å²) >= 11 is 6.38. The molecule has 0 spiro atoms. The number of nitrogens with zero attached hydrogens (tertiary/aromatic N) is 4. The first-order valence-electron chi connectivity index (χ1n) is 11.1. The van der Waals surface area contributed by atoms with Crippen molar-refractivity contribution in [3.05, 3.63) is 64.7 Å². The van der Waals surface area contributed by atoms with Gasteiger partial charge in [-0.1, -0.05) is 10.6 Å². The van der Waals surface area contributed by atoms with Crippen LogP contribution < -0.4 is 20.9 Å². The maximum Gasteiger partial charge on any atom is 0.418 e. The van der Waals surface area contributed by atoms with Crippen LogP contribution in [0.3, 0.4) is 0 Å². The van der Waals surface area contributed by atoms with Gasteiger partial charge in [0.25, 0.3) is 5.91 Å². The summed E-state index contributed by atoms with van der Waals surface area (Å²) in [6.45, 7) is 2.67. The van der Waals surface area contributed by atoms with Crippen LogP contribution in [-0.2, 0) is 12.7 Å². The second-order valence-corrected chi connectivity index (χ2v) is 9.29. The maximum atomic E-state index is 13.8. The van der Waals surface area contributed by atoms with E-state index in [1.165, 1.54) is 12.1 Å². The first-order chi connectivity index (χ1) is 17.2. The van der Waals surface area contributed by atoms with E-state index in [1.54, 1.807) is 40.6 Å². The standard InChI is InChI=1S/C23H24F3N7OS2/c1-32-8-10-33(11-9-32)20-7-2-15(12-18(20)23(24,25)26)13-27-22(35)29-17-5-3-16(4-6-17)28-21(34)19-14-36-31-30-19/h2-7,12,14H,8-11,13H2,1H3,(H,28,34)(H2,27,29,35). The molecule has 1 amide bonds. The van der Waals surface area contributed by atoms with Gasteiger partial charge in [0.1, 0.15) is 0 Å². The molecule has 3 aromatic rings. The van der Waals surface area contributed by atoms with Crippen LogP contribution in [0.5, 0.6) is 0 Å². The lowest BCUT2D eigenvalue weighted by molar-refractivity contribution is -0.137. The van der Waals surface area contributed by atoms with E-state index in [-0.39, 0.29) is 28.9 Å². The van der Waals surface area contributed by atoms with Gasteiger partial charge in [0.15, 0.2) is 10.8 Å². The van der Waals surface area contributed by atoms with E-state index < -0.39 is 11.7 Å². The number of benzene rings is 2. The predicted octanol–water partition coefficient (Wildman–Crippen LogP) is 4.05. The van der Waals surface area contributed by atoms with Crippen molar-refractivity contribution in [1.82, 2.24) is 19.8 Å². The number of piperazine rings is 1. The first kappa shape index (κ1) is 25.8. The molecule has 1 fully saturated rings. The number of hydrogen-bond donors (Lipinski definition) is 3. The SMILES string of the molecule is CN1CCN(c2ccc(CNC(=S)Nc3ccc(NC(=O)c4csnn4)cc3)cc2C(F)(F)F)CC1. The Morgan fingerprint density at radius 1 is 1.06 bits per heavy atom. The molecule has 0 radical (unpaired) electrons. The van der Waals surface area contributed by atoms with Crippen LogP contribution in [0.25, 0.3) is 0 Å². The third-order valence-electron chi connectivity index (χ3n) is 5.66. The number of halogens is 3. The number of carbonyl (C=O) groups excluding carboxylic acids is 1. The van der Waals surface area contributed by atoms with E-state index in [2.05, 4.69) is 30.4 Å². The fraction of sp³-hybridized carbons (Fsp3) is 0.304. The number of likely N-dealkylation sites (N-methyl/N-ethyl adjacent to an activating group) is 1. The van der Waals surface area contributed by atoms with Crippen molar-refractivity contribution in [1.29, 1.82) is 0 Å². The van der Waals surface area contributed by atoms with Crippen molar-refractivity contribution in [3.63, 3.8) is 0 Å². The molecular weight excluding hydrogens is 511 g/mol. The molecule has 1 aromatic heterocycles. The highest BCUT2D eigenvalue weighted by molar-refractivity contribution is 7.80. The van der Waals surface area contributed by atoms with Gasteiger partial charge in [0, 0.05) is 55.2 Å². The lowest BCUT2D eigenvalue weighted by atomic mass is 10.1. The van der Waals surface area contributed by atoms with Gasteiger partial charge in [-0.25, -0.2) is 0 Å². The molecule has 4 rings (SSSR count). The van der Waals surface area contributed by atoms with Crippen molar-refractivity contribution in [2.24, 2.45) is 0 Å². The van der Waals surface area contributed by atoms with E-state index in [0.717, 1.165) is 24.6 Å². The lowest BCUT2D eigenvalue weighted by Crippen LogP contribution is -2.45. The molecule has 1 saturated heterocycles. The Morgan fingerprint density at radius 3 is 2.33 bits per heavy atom. The molecule has 2 heterocycles. The van der Waals surface area contributed by atoms with E-state index >= 15 is 0 Å². The summed E-state index contributed by atoms with van der Waals surface area (Å²) in [7, 11) is 1.96. The quantitative estimate of drug-likeness (QED) is 0.408. The van der Waals surface area contributed by atoms with E-state index in [1.807, 2.05) is 7.05 Å². The summed E-state index contributed by atoms with van der Waals surface area (Å²) < 4.78 is 45.1. The second-order valence-electron chi connectivity index (χ2n) is 8.27. The summed E-state index contributed by atoms with van der Waals surface area (Å²) in [5, 5.41) is 14.2. The molecule has 0 unspecified atom stereocenters. The first-order valence-corrected chi connectivity index (χ1v) is 12.3. The molecule has 0 bridgehead atoms. The van der Waals surface area contributed by atoms with Crippen LogP contribution >= 0.6 is 23.8 Å². The Balaban J connectivity index is 1.33. The number of aromatic nitrogens is 2. The zero-order valence-corrected chi connectivity index (χ0v) is 20.9. The van der Waals surface area contributed by atoms with Crippen molar-refractivity contribution < 1.29 is 18.0 Å². The molecule has 0 saturated carbocycles. The lowest BCUT2D eigenvalue weighted by Gasteiger charge is -2.35. The molecule has 190 valence electrons. The second kappa shape index (κ2) is 11.2. The minimum Gasteiger partial charge on any atom is -0.368 e.